The van der Waals surface area contributed by atoms with Crippen LogP contribution in [0.1, 0.15) is 23.3 Å². The summed E-state index contributed by atoms with van der Waals surface area (Å²) in [7, 11) is 0. The molecule has 1 aliphatic rings. The van der Waals surface area contributed by atoms with Gasteiger partial charge in [0.05, 0.1) is 0 Å². The summed E-state index contributed by atoms with van der Waals surface area (Å²) in [6, 6.07) is 10.3. The average Bonchev–Trinajstić information content (AvgIpc) is 3.13. The molecule has 1 amide bonds. The molecule has 1 N–H and O–H groups in total. The van der Waals surface area contributed by atoms with Gasteiger partial charge in [0, 0.05) is 23.5 Å². The maximum atomic E-state index is 12.4. The first-order chi connectivity index (χ1) is 8.79. The zero-order valence-corrected chi connectivity index (χ0v) is 10.2. The smallest absolute Gasteiger partial charge is 0.270 e. The summed E-state index contributed by atoms with van der Waals surface area (Å²) in [6.07, 6.45) is 4.01. The van der Waals surface area contributed by atoms with Crippen molar-refractivity contribution in [3.8, 4) is 0 Å². The van der Waals surface area contributed by atoms with E-state index < -0.39 is 0 Å². The van der Waals surface area contributed by atoms with Gasteiger partial charge in [-0.3, -0.25) is 4.79 Å². The Kier molecular flexibility index (Phi) is 2.67. The number of amides is 1. The fraction of sp³-hybridized carbons (Fsp3) is 0.267. The van der Waals surface area contributed by atoms with Gasteiger partial charge in [0.1, 0.15) is 5.69 Å². The van der Waals surface area contributed by atoms with E-state index in [1.54, 1.807) is 6.08 Å². The second-order valence-corrected chi connectivity index (χ2v) is 4.75. The number of benzene rings is 1. The molecule has 1 aliphatic carbocycles. The Hall–Kier alpha value is -2.03. The van der Waals surface area contributed by atoms with Gasteiger partial charge in [0.15, 0.2) is 0 Å². The van der Waals surface area contributed by atoms with Crippen molar-refractivity contribution in [2.24, 2.45) is 0 Å². The SMILES string of the molecule is C=CCN(C(=O)c1cc2ccccc2[nH]1)C1CC1. The summed E-state index contributed by atoms with van der Waals surface area (Å²) in [5.74, 6) is 0.0774. The molecule has 0 bridgehead atoms. The van der Waals surface area contributed by atoms with E-state index in [2.05, 4.69) is 11.6 Å². The molecule has 92 valence electrons. The standard InChI is InChI=1S/C15H16N2O/c1-2-9-17(12-7-8-12)15(18)14-10-11-5-3-4-6-13(11)16-14/h2-6,10,12,16H,1,7-9H2. The van der Waals surface area contributed by atoms with E-state index >= 15 is 0 Å². The van der Waals surface area contributed by atoms with Crippen molar-refractivity contribution in [1.82, 2.24) is 9.88 Å². The van der Waals surface area contributed by atoms with Crippen molar-refractivity contribution in [2.75, 3.05) is 6.54 Å². The van der Waals surface area contributed by atoms with E-state index in [0.717, 1.165) is 23.7 Å². The average molecular weight is 240 g/mol. The second-order valence-electron chi connectivity index (χ2n) is 4.75. The van der Waals surface area contributed by atoms with Crippen LogP contribution in [0.4, 0.5) is 0 Å². The van der Waals surface area contributed by atoms with Crippen molar-refractivity contribution in [3.05, 3.63) is 48.7 Å². The molecule has 0 spiro atoms. The topological polar surface area (TPSA) is 36.1 Å². The van der Waals surface area contributed by atoms with Crippen LogP contribution in [-0.4, -0.2) is 28.4 Å². The summed E-state index contributed by atoms with van der Waals surface area (Å²) >= 11 is 0. The van der Waals surface area contributed by atoms with Gasteiger partial charge in [-0.1, -0.05) is 24.3 Å². The van der Waals surface area contributed by atoms with E-state index in [0.29, 0.717) is 18.3 Å². The number of carbonyl (C=O) groups is 1. The normalized spacial score (nSPS) is 14.7. The lowest BCUT2D eigenvalue weighted by Crippen LogP contribution is -2.33. The highest BCUT2D eigenvalue weighted by Gasteiger charge is 2.32. The Morgan fingerprint density at radius 2 is 2.22 bits per heavy atom. The molecule has 0 saturated heterocycles. The van der Waals surface area contributed by atoms with Crippen molar-refractivity contribution in [2.45, 2.75) is 18.9 Å². The Bertz CT molecular complexity index is 562. The molecule has 1 aromatic carbocycles. The van der Waals surface area contributed by atoms with Crippen LogP contribution < -0.4 is 0 Å². The molecule has 3 heteroatoms. The number of aromatic nitrogens is 1. The summed E-state index contributed by atoms with van der Waals surface area (Å²) in [5, 5.41) is 1.08. The molecular weight excluding hydrogens is 224 g/mol. The predicted molar refractivity (Wildman–Crippen MR) is 72.6 cm³/mol. The van der Waals surface area contributed by atoms with Crippen molar-refractivity contribution < 1.29 is 4.79 Å². The second kappa shape index (κ2) is 4.33. The van der Waals surface area contributed by atoms with Crippen LogP contribution >= 0.6 is 0 Å². The molecule has 1 heterocycles. The van der Waals surface area contributed by atoms with Crippen LogP contribution in [0.5, 0.6) is 0 Å². The van der Waals surface area contributed by atoms with Crippen LogP contribution in [0.3, 0.4) is 0 Å². The minimum absolute atomic E-state index is 0.0774. The van der Waals surface area contributed by atoms with Crippen molar-refractivity contribution in [1.29, 1.82) is 0 Å². The number of aromatic amines is 1. The van der Waals surface area contributed by atoms with Crippen LogP contribution in [0, 0.1) is 0 Å². The summed E-state index contributed by atoms with van der Waals surface area (Å²) in [5.41, 5.74) is 1.68. The summed E-state index contributed by atoms with van der Waals surface area (Å²) in [4.78, 5) is 17.5. The third-order valence-corrected chi connectivity index (χ3v) is 3.33. The van der Waals surface area contributed by atoms with E-state index in [1.165, 1.54) is 0 Å². The first kappa shape index (κ1) is 11.1. The molecule has 2 aromatic rings. The van der Waals surface area contributed by atoms with Crippen LogP contribution in [0.15, 0.2) is 43.0 Å². The monoisotopic (exact) mass is 240 g/mol. The highest BCUT2D eigenvalue weighted by atomic mass is 16.2. The Balaban J connectivity index is 1.92. The molecule has 1 fully saturated rings. The maximum Gasteiger partial charge on any atom is 0.270 e. The number of para-hydroxylation sites is 1. The number of nitrogens with one attached hydrogen (secondary N) is 1. The third kappa shape index (κ3) is 1.92. The van der Waals surface area contributed by atoms with E-state index in [-0.39, 0.29) is 5.91 Å². The number of hydrogen-bond acceptors (Lipinski definition) is 1. The minimum Gasteiger partial charge on any atom is -0.351 e. The lowest BCUT2D eigenvalue weighted by atomic mass is 10.2. The van der Waals surface area contributed by atoms with Gasteiger partial charge in [0.2, 0.25) is 0 Å². The lowest BCUT2D eigenvalue weighted by molar-refractivity contribution is 0.0758. The predicted octanol–water partition coefficient (Wildman–Crippen LogP) is 2.96. The fourth-order valence-corrected chi connectivity index (χ4v) is 2.27. The molecular formula is C15H16N2O. The molecule has 0 atom stereocenters. The molecule has 18 heavy (non-hydrogen) atoms. The number of fused-ring (bicyclic) bond motifs is 1. The van der Waals surface area contributed by atoms with E-state index in [1.807, 2.05) is 35.2 Å². The summed E-state index contributed by atoms with van der Waals surface area (Å²) in [6.45, 7) is 4.35. The van der Waals surface area contributed by atoms with Gasteiger partial charge in [-0.15, -0.1) is 6.58 Å². The van der Waals surface area contributed by atoms with Crippen LogP contribution in [0.2, 0.25) is 0 Å². The molecule has 0 unspecified atom stereocenters. The molecule has 3 nitrogen and oxygen atoms in total. The molecule has 1 saturated carbocycles. The number of nitrogens with zero attached hydrogens (tertiary/aromatic N) is 1. The minimum atomic E-state index is 0.0774. The fourth-order valence-electron chi connectivity index (χ4n) is 2.27. The van der Waals surface area contributed by atoms with Crippen LogP contribution in [-0.2, 0) is 0 Å². The Labute approximate surface area is 106 Å². The van der Waals surface area contributed by atoms with E-state index in [4.69, 9.17) is 0 Å². The van der Waals surface area contributed by atoms with Crippen LogP contribution in [0.25, 0.3) is 10.9 Å². The molecule has 0 aliphatic heterocycles. The first-order valence-electron chi connectivity index (χ1n) is 6.29. The Morgan fingerprint density at radius 3 is 2.89 bits per heavy atom. The quantitative estimate of drug-likeness (QED) is 0.819. The molecule has 0 radical (unpaired) electrons. The van der Waals surface area contributed by atoms with Gasteiger partial charge in [-0.05, 0) is 25.0 Å². The van der Waals surface area contributed by atoms with Gasteiger partial charge >= 0.3 is 0 Å². The first-order valence-corrected chi connectivity index (χ1v) is 6.29. The third-order valence-electron chi connectivity index (χ3n) is 3.33. The number of hydrogen-bond donors (Lipinski definition) is 1. The van der Waals surface area contributed by atoms with Gasteiger partial charge in [0.25, 0.3) is 5.91 Å². The highest BCUT2D eigenvalue weighted by Crippen LogP contribution is 2.28. The maximum absolute atomic E-state index is 12.4. The Morgan fingerprint density at radius 1 is 1.44 bits per heavy atom. The lowest BCUT2D eigenvalue weighted by Gasteiger charge is -2.19. The van der Waals surface area contributed by atoms with Gasteiger partial charge < -0.3 is 9.88 Å². The van der Waals surface area contributed by atoms with Crippen molar-refractivity contribution >= 4 is 16.8 Å². The number of H-pyrrole nitrogens is 1. The summed E-state index contributed by atoms with van der Waals surface area (Å²) < 4.78 is 0. The zero-order valence-electron chi connectivity index (χ0n) is 10.2. The largest absolute Gasteiger partial charge is 0.351 e. The zero-order chi connectivity index (χ0) is 12.5. The number of carbonyl (C=O) groups excluding carboxylic acids is 1. The highest BCUT2D eigenvalue weighted by molar-refractivity contribution is 5.98. The molecule has 1 aromatic heterocycles. The van der Waals surface area contributed by atoms with Gasteiger partial charge in [-0.2, -0.15) is 0 Å². The van der Waals surface area contributed by atoms with Crippen molar-refractivity contribution in [3.63, 3.8) is 0 Å². The van der Waals surface area contributed by atoms with E-state index in [9.17, 15) is 4.79 Å². The number of rotatable bonds is 4. The van der Waals surface area contributed by atoms with Gasteiger partial charge in [-0.25, -0.2) is 0 Å². The molecule has 3 rings (SSSR count).